The minimum absolute atomic E-state index is 0.0538. The molecule has 0 aliphatic carbocycles. The van der Waals surface area contributed by atoms with Crippen LogP contribution in [-0.2, 0) is 4.79 Å². The number of rotatable bonds is 8. The van der Waals surface area contributed by atoms with Crippen LogP contribution in [0.3, 0.4) is 0 Å². The van der Waals surface area contributed by atoms with Crippen LogP contribution in [0.2, 0.25) is 5.02 Å². The molecule has 1 aromatic heterocycles. The number of methoxy groups -OCH3 is 1. The zero-order valence-corrected chi connectivity index (χ0v) is 19.6. The molecule has 34 heavy (non-hydrogen) atoms. The standard InChI is InChI=1S/C24H20ClN5O3S/c1-33-20-9-5-8-17(22(20)32)14-26-27-21(31)15-34-24-29-28-23(16-6-3-2-4-7-16)30(24)19-12-10-18(25)11-13-19/h2-14,32H,15H2,1H3,(H,27,31). The number of hydrazone groups is 1. The first-order chi connectivity index (χ1) is 16.6. The Morgan fingerprint density at radius 2 is 1.88 bits per heavy atom. The molecule has 10 heteroatoms. The number of phenols is 1. The molecular weight excluding hydrogens is 474 g/mol. The highest BCUT2D eigenvalue weighted by Gasteiger charge is 2.17. The fourth-order valence-corrected chi connectivity index (χ4v) is 3.98. The Morgan fingerprint density at radius 3 is 2.62 bits per heavy atom. The third-order valence-corrected chi connectivity index (χ3v) is 5.91. The second-order valence-corrected chi connectivity index (χ2v) is 8.34. The molecule has 0 saturated carbocycles. The van der Waals surface area contributed by atoms with Gasteiger partial charge in [-0.15, -0.1) is 10.2 Å². The van der Waals surface area contributed by atoms with Crippen molar-refractivity contribution >= 4 is 35.5 Å². The molecule has 0 saturated heterocycles. The number of carbonyl (C=O) groups is 1. The highest BCUT2D eigenvalue weighted by Crippen LogP contribution is 2.29. The number of nitrogens with one attached hydrogen (secondary N) is 1. The molecule has 1 amide bonds. The van der Waals surface area contributed by atoms with Crippen LogP contribution in [0.5, 0.6) is 11.5 Å². The quantitative estimate of drug-likeness (QED) is 0.212. The van der Waals surface area contributed by atoms with Crippen LogP contribution in [0.4, 0.5) is 0 Å². The summed E-state index contributed by atoms with van der Waals surface area (Å²) in [7, 11) is 1.46. The van der Waals surface area contributed by atoms with Gasteiger partial charge in [0.05, 0.1) is 19.1 Å². The number of ether oxygens (including phenoxy) is 1. The number of thioether (sulfide) groups is 1. The second kappa shape index (κ2) is 10.9. The lowest BCUT2D eigenvalue weighted by Gasteiger charge is -2.10. The summed E-state index contributed by atoms with van der Waals surface area (Å²) in [6.07, 6.45) is 1.35. The Balaban J connectivity index is 1.49. The number of hydrogen-bond acceptors (Lipinski definition) is 7. The summed E-state index contributed by atoms with van der Waals surface area (Å²) in [6.45, 7) is 0. The van der Waals surface area contributed by atoms with E-state index in [1.54, 1.807) is 30.3 Å². The average Bonchev–Trinajstić information content (AvgIpc) is 3.29. The normalized spacial score (nSPS) is 11.0. The van der Waals surface area contributed by atoms with Crippen molar-refractivity contribution < 1.29 is 14.6 Å². The highest BCUT2D eigenvalue weighted by molar-refractivity contribution is 7.99. The van der Waals surface area contributed by atoms with Crippen molar-refractivity contribution in [1.29, 1.82) is 0 Å². The third kappa shape index (κ3) is 5.38. The molecule has 0 unspecified atom stereocenters. The first kappa shape index (κ1) is 23.3. The Hall–Kier alpha value is -3.82. The van der Waals surface area contributed by atoms with Crippen LogP contribution in [0.15, 0.2) is 83.1 Å². The largest absolute Gasteiger partial charge is 0.504 e. The van der Waals surface area contributed by atoms with Crippen molar-refractivity contribution in [2.24, 2.45) is 5.10 Å². The molecule has 0 bridgehead atoms. The lowest BCUT2D eigenvalue weighted by molar-refractivity contribution is -0.118. The fraction of sp³-hybridized carbons (Fsp3) is 0.0833. The Labute approximate surface area is 205 Å². The van der Waals surface area contributed by atoms with E-state index in [-0.39, 0.29) is 17.4 Å². The molecule has 8 nitrogen and oxygen atoms in total. The molecular formula is C24H20ClN5O3S. The van der Waals surface area contributed by atoms with E-state index in [9.17, 15) is 9.90 Å². The van der Waals surface area contributed by atoms with Crippen molar-refractivity contribution in [3.05, 3.63) is 83.4 Å². The van der Waals surface area contributed by atoms with Gasteiger partial charge >= 0.3 is 0 Å². The molecule has 1 heterocycles. The molecule has 0 aliphatic heterocycles. The van der Waals surface area contributed by atoms with E-state index < -0.39 is 0 Å². The topological polar surface area (TPSA) is 102 Å². The summed E-state index contributed by atoms with van der Waals surface area (Å²) in [5.41, 5.74) is 4.59. The van der Waals surface area contributed by atoms with Crippen molar-refractivity contribution in [3.63, 3.8) is 0 Å². The van der Waals surface area contributed by atoms with E-state index in [0.29, 0.717) is 27.3 Å². The van der Waals surface area contributed by atoms with Crippen LogP contribution >= 0.6 is 23.4 Å². The van der Waals surface area contributed by atoms with Gasteiger partial charge in [-0.1, -0.05) is 59.8 Å². The monoisotopic (exact) mass is 493 g/mol. The minimum Gasteiger partial charge on any atom is -0.504 e. The highest BCUT2D eigenvalue weighted by atomic mass is 35.5. The van der Waals surface area contributed by atoms with Gasteiger partial charge in [0.1, 0.15) is 0 Å². The zero-order valence-electron chi connectivity index (χ0n) is 18.1. The number of aromatic nitrogens is 3. The van der Waals surface area contributed by atoms with Crippen LogP contribution in [-0.4, -0.2) is 44.9 Å². The summed E-state index contributed by atoms with van der Waals surface area (Å²) < 4.78 is 6.94. The predicted molar refractivity (Wildman–Crippen MR) is 133 cm³/mol. The number of carbonyl (C=O) groups excluding carboxylic acids is 1. The smallest absolute Gasteiger partial charge is 0.250 e. The Morgan fingerprint density at radius 1 is 1.12 bits per heavy atom. The summed E-state index contributed by atoms with van der Waals surface area (Å²) in [5, 5.41) is 23.8. The van der Waals surface area contributed by atoms with Gasteiger partial charge in [-0.2, -0.15) is 5.10 Å². The van der Waals surface area contributed by atoms with E-state index in [0.717, 1.165) is 11.3 Å². The van der Waals surface area contributed by atoms with E-state index in [1.807, 2.05) is 47.0 Å². The van der Waals surface area contributed by atoms with Crippen LogP contribution in [0, 0.1) is 0 Å². The minimum atomic E-state index is -0.337. The van der Waals surface area contributed by atoms with Crippen LogP contribution < -0.4 is 10.2 Å². The summed E-state index contributed by atoms with van der Waals surface area (Å²) in [5.74, 6) is 0.637. The number of halogens is 1. The fourth-order valence-electron chi connectivity index (χ4n) is 3.10. The molecule has 4 aromatic rings. The number of para-hydroxylation sites is 1. The van der Waals surface area contributed by atoms with Gasteiger partial charge in [0.15, 0.2) is 22.5 Å². The first-order valence-corrected chi connectivity index (χ1v) is 11.5. The number of amides is 1. The summed E-state index contributed by atoms with van der Waals surface area (Å²) in [4.78, 5) is 12.4. The maximum absolute atomic E-state index is 12.4. The number of aromatic hydroxyl groups is 1. The van der Waals surface area contributed by atoms with Crippen molar-refractivity contribution in [3.8, 4) is 28.6 Å². The number of benzene rings is 3. The average molecular weight is 494 g/mol. The Kier molecular flexibility index (Phi) is 7.46. The zero-order chi connectivity index (χ0) is 23.9. The van der Waals surface area contributed by atoms with Crippen molar-refractivity contribution in [2.75, 3.05) is 12.9 Å². The molecule has 0 aliphatic rings. The molecule has 0 radical (unpaired) electrons. The maximum atomic E-state index is 12.4. The molecule has 4 rings (SSSR count). The second-order valence-electron chi connectivity index (χ2n) is 6.96. The van der Waals surface area contributed by atoms with Crippen molar-refractivity contribution in [1.82, 2.24) is 20.2 Å². The van der Waals surface area contributed by atoms with Gasteiger partial charge in [-0.3, -0.25) is 9.36 Å². The van der Waals surface area contributed by atoms with Gasteiger partial charge in [-0.25, -0.2) is 5.43 Å². The van der Waals surface area contributed by atoms with Gasteiger partial charge < -0.3 is 9.84 Å². The van der Waals surface area contributed by atoms with Gasteiger partial charge in [0, 0.05) is 21.8 Å². The van der Waals surface area contributed by atoms with Crippen LogP contribution in [0.1, 0.15) is 5.56 Å². The first-order valence-electron chi connectivity index (χ1n) is 10.1. The predicted octanol–water partition coefficient (Wildman–Crippen LogP) is 4.54. The number of phenolic OH excluding ortho intramolecular Hbond substituents is 1. The van der Waals surface area contributed by atoms with Gasteiger partial charge in [-0.05, 0) is 36.4 Å². The number of nitrogens with zero attached hydrogens (tertiary/aromatic N) is 4. The van der Waals surface area contributed by atoms with E-state index >= 15 is 0 Å². The lowest BCUT2D eigenvalue weighted by Crippen LogP contribution is -2.20. The van der Waals surface area contributed by atoms with E-state index in [1.165, 1.54) is 25.1 Å². The van der Waals surface area contributed by atoms with Gasteiger partial charge in [0.25, 0.3) is 5.91 Å². The molecule has 172 valence electrons. The molecule has 0 fully saturated rings. The lowest BCUT2D eigenvalue weighted by atomic mass is 10.2. The molecule has 0 atom stereocenters. The maximum Gasteiger partial charge on any atom is 0.250 e. The molecule has 0 spiro atoms. The molecule has 3 aromatic carbocycles. The summed E-state index contributed by atoms with van der Waals surface area (Å²) >= 11 is 7.28. The SMILES string of the molecule is COc1cccc(C=NNC(=O)CSc2nnc(-c3ccccc3)n2-c2ccc(Cl)cc2)c1O. The van der Waals surface area contributed by atoms with E-state index in [4.69, 9.17) is 16.3 Å². The molecule has 2 N–H and O–H groups in total. The number of hydrogen-bond donors (Lipinski definition) is 2. The van der Waals surface area contributed by atoms with Gasteiger partial charge in [0.2, 0.25) is 0 Å². The van der Waals surface area contributed by atoms with Crippen LogP contribution in [0.25, 0.3) is 17.1 Å². The summed E-state index contributed by atoms with van der Waals surface area (Å²) in [6, 6.07) is 22.0. The third-order valence-electron chi connectivity index (χ3n) is 4.73. The van der Waals surface area contributed by atoms with E-state index in [2.05, 4.69) is 20.7 Å². The van der Waals surface area contributed by atoms with Crippen molar-refractivity contribution in [2.45, 2.75) is 5.16 Å². The Bertz CT molecular complexity index is 1310.